The summed E-state index contributed by atoms with van der Waals surface area (Å²) in [4.78, 5) is 4.54. The Hall–Kier alpha value is -0.410. The molecule has 1 unspecified atom stereocenters. The molecule has 1 aliphatic rings. The van der Waals surface area contributed by atoms with Gasteiger partial charge in [0, 0.05) is 11.1 Å². The third-order valence-electron chi connectivity index (χ3n) is 3.86. The molecule has 0 amide bonds. The summed E-state index contributed by atoms with van der Waals surface area (Å²) in [6, 6.07) is 0.410. The largest absolute Gasteiger partial charge is 0.308 e. The van der Waals surface area contributed by atoms with Crippen LogP contribution in [0.2, 0.25) is 0 Å². The molecule has 1 saturated carbocycles. The zero-order valence-corrected chi connectivity index (χ0v) is 12.0. The molecule has 0 aliphatic heterocycles. The van der Waals surface area contributed by atoms with Crippen molar-refractivity contribution in [2.45, 2.75) is 52.5 Å². The number of nitrogens with one attached hydrogen (secondary N) is 1. The quantitative estimate of drug-likeness (QED) is 0.878. The van der Waals surface area contributed by atoms with Crippen LogP contribution in [0.25, 0.3) is 0 Å². The molecule has 0 radical (unpaired) electrons. The molecule has 1 aliphatic carbocycles. The molecule has 2 rings (SSSR count). The molecule has 1 atom stereocenters. The van der Waals surface area contributed by atoms with Crippen molar-refractivity contribution >= 4 is 11.3 Å². The van der Waals surface area contributed by atoms with Crippen LogP contribution in [0, 0.1) is 18.8 Å². The number of hydrogen-bond donors (Lipinski definition) is 1. The highest BCUT2D eigenvalue weighted by Crippen LogP contribution is 2.28. The van der Waals surface area contributed by atoms with Gasteiger partial charge in [-0.25, -0.2) is 4.98 Å². The van der Waals surface area contributed by atoms with Crippen LogP contribution in [-0.4, -0.2) is 11.5 Å². The van der Waals surface area contributed by atoms with E-state index in [-0.39, 0.29) is 0 Å². The Bertz CT molecular complexity index is 340. The zero-order valence-electron chi connectivity index (χ0n) is 11.2. The minimum absolute atomic E-state index is 0.410. The Balaban J connectivity index is 1.74. The second-order valence-corrected chi connectivity index (χ2v) is 6.47. The van der Waals surface area contributed by atoms with E-state index in [1.807, 2.05) is 0 Å². The van der Waals surface area contributed by atoms with Crippen LogP contribution in [0.5, 0.6) is 0 Å². The predicted octanol–water partition coefficient (Wildman–Crippen LogP) is 3.93. The van der Waals surface area contributed by atoms with Crippen molar-refractivity contribution in [3.63, 3.8) is 0 Å². The summed E-state index contributed by atoms with van der Waals surface area (Å²) in [7, 11) is 0. The highest BCUT2D eigenvalue weighted by molar-refractivity contribution is 7.09. The lowest BCUT2D eigenvalue weighted by molar-refractivity contribution is 0.276. The second kappa shape index (κ2) is 5.96. The smallest absolute Gasteiger partial charge is 0.110 e. The number of aromatic nitrogens is 1. The van der Waals surface area contributed by atoms with Crippen molar-refractivity contribution in [1.29, 1.82) is 0 Å². The summed E-state index contributed by atoms with van der Waals surface area (Å²) in [6.07, 6.45) is 5.63. The SMILES string of the molecule is Cc1csc(C(C)NCC2CCC(C)CC2)n1. The molecule has 96 valence electrons. The topological polar surface area (TPSA) is 24.9 Å². The lowest BCUT2D eigenvalue weighted by atomic mass is 9.83. The van der Waals surface area contributed by atoms with E-state index < -0.39 is 0 Å². The van der Waals surface area contributed by atoms with Crippen molar-refractivity contribution < 1.29 is 0 Å². The van der Waals surface area contributed by atoms with E-state index in [1.165, 1.54) is 30.7 Å². The number of thiazole rings is 1. The van der Waals surface area contributed by atoms with E-state index in [0.29, 0.717) is 6.04 Å². The Morgan fingerprint density at radius 2 is 2.12 bits per heavy atom. The first-order chi connectivity index (χ1) is 8.15. The fourth-order valence-electron chi connectivity index (χ4n) is 2.54. The van der Waals surface area contributed by atoms with Gasteiger partial charge >= 0.3 is 0 Å². The number of aryl methyl sites for hydroxylation is 1. The van der Waals surface area contributed by atoms with E-state index in [0.717, 1.165) is 24.1 Å². The summed E-state index contributed by atoms with van der Waals surface area (Å²) in [5.74, 6) is 1.83. The highest BCUT2D eigenvalue weighted by atomic mass is 32.1. The number of nitrogens with zero attached hydrogens (tertiary/aromatic N) is 1. The van der Waals surface area contributed by atoms with Gasteiger partial charge < -0.3 is 5.32 Å². The third kappa shape index (κ3) is 3.78. The maximum Gasteiger partial charge on any atom is 0.110 e. The molecule has 0 spiro atoms. The molecule has 1 fully saturated rings. The molecule has 1 heterocycles. The summed E-state index contributed by atoms with van der Waals surface area (Å²) >= 11 is 1.77. The van der Waals surface area contributed by atoms with Crippen LogP contribution in [0.3, 0.4) is 0 Å². The van der Waals surface area contributed by atoms with Crippen molar-refractivity contribution in [3.05, 3.63) is 16.1 Å². The minimum atomic E-state index is 0.410. The molecule has 2 nitrogen and oxygen atoms in total. The first kappa shape index (κ1) is 13.0. The summed E-state index contributed by atoms with van der Waals surface area (Å²) in [5.41, 5.74) is 1.14. The van der Waals surface area contributed by atoms with Crippen molar-refractivity contribution in [1.82, 2.24) is 10.3 Å². The third-order valence-corrected chi connectivity index (χ3v) is 5.00. The normalized spacial score (nSPS) is 27.0. The van der Waals surface area contributed by atoms with Crippen molar-refractivity contribution in [2.24, 2.45) is 11.8 Å². The van der Waals surface area contributed by atoms with Crippen LogP contribution in [0.4, 0.5) is 0 Å². The van der Waals surface area contributed by atoms with Crippen LogP contribution < -0.4 is 5.32 Å². The van der Waals surface area contributed by atoms with Gasteiger partial charge in [0.25, 0.3) is 0 Å². The molecular weight excluding hydrogens is 228 g/mol. The minimum Gasteiger partial charge on any atom is -0.308 e. The Labute approximate surface area is 109 Å². The average Bonchev–Trinajstić information content (AvgIpc) is 2.75. The monoisotopic (exact) mass is 252 g/mol. The summed E-state index contributed by atoms with van der Waals surface area (Å²) in [5, 5.41) is 7.01. The van der Waals surface area contributed by atoms with Gasteiger partial charge in [-0.1, -0.05) is 19.8 Å². The fourth-order valence-corrected chi connectivity index (χ4v) is 3.36. The molecule has 0 saturated heterocycles. The van der Waals surface area contributed by atoms with E-state index in [4.69, 9.17) is 0 Å². The maximum atomic E-state index is 4.54. The standard InChI is InChI=1S/C14H24N2S/c1-10-4-6-13(7-5-10)8-15-12(3)14-16-11(2)9-17-14/h9-10,12-13,15H,4-8H2,1-3H3. The maximum absolute atomic E-state index is 4.54. The highest BCUT2D eigenvalue weighted by Gasteiger charge is 2.19. The second-order valence-electron chi connectivity index (χ2n) is 5.58. The first-order valence-electron chi connectivity index (χ1n) is 6.80. The van der Waals surface area contributed by atoms with Gasteiger partial charge in [0.15, 0.2) is 0 Å². The van der Waals surface area contributed by atoms with Crippen LogP contribution in [-0.2, 0) is 0 Å². The molecule has 3 heteroatoms. The number of rotatable bonds is 4. The molecular formula is C14H24N2S. The Morgan fingerprint density at radius 3 is 2.71 bits per heavy atom. The molecule has 17 heavy (non-hydrogen) atoms. The molecule has 0 bridgehead atoms. The van der Waals surface area contributed by atoms with Crippen molar-refractivity contribution in [2.75, 3.05) is 6.54 Å². The fraction of sp³-hybridized carbons (Fsp3) is 0.786. The van der Waals surface area contributed by atoms with E-state index in [1.54, 1.807) is 11.3 Å². The van der Waals surface area contributed by atoms with Crippen LogP contribution in [0.1, 0.15) is 56.3 Å². The van der Waals surface area contributed by atoms with E-state index in [9.17, 15) is 0 Å². The molecule has 1 N–H and O–H groups in total. The van der Waals surface area contributed by atoms with Gasteiger partial charge in [-0.3, -0.25) is 0 Å². The van der Waals surface area contributed by atoms with Gasteiger partial charge in [-0.2, -0.15) is 0 Å². The summed E-state index contributed by atoms with van der Waals surface area (Å²) < 4.78 is 0. The van der Waals surface area contributed by atoms with Gasteiger partial charge in [0.2, 0.25) is 0 Å². The van der Waals surface area contributed by atoms with Gasteiger partial charge in [-0.05, 0) is 45.1 Å². The molecule has 1 aromatic heterocycles. The zero-order chi connectivity index (χ0) is 12.3. The molecule has 0 aromatic carbocycles. The van der Waals surface area contributed by atoms with Gasteiger partial charge in [-0.15, -0.1) is 11.3 Å². The lowest BCUT2D eigenvalue weighted by Gasteiger charge is -2.27. The van der Waals surface area contributed by atoms with Crippen LogP contribution in [0.15, 0.2) is 5.38 Å². The van der Waals surface area contributed by atoms with E-state index >= 15 is 0 Å². The van der Waals surface area contributed by atoms with Gasteiger partial charge in [0.05, 0.1) is 6.04 Å². The average molecular weight is 252 g/mol. The summed E-state index contributed by atoms with van der Waals surface area (Å²) in [6.45, 7) is 7.83. The van der Waals surface area contributed by atoms with Gasteiger partial charge in [0.1, 0.15) is 5.01 Å². The Kier molecular flexibility index (Phi) is 4.57. The van der Waals surface area contributed by atoms with Crippen LogP contribution >= 0.6 is 11.3 Å². The first-order valence-corrected chi connectivity index (χ1v) is 7.68. The number of hydrogen-bond acceptors (Lipinski definition) is 3. The van der Waals surface area contributed by atoms with Crippen molar-refractivity contribution in [3.8, 4) is 0 Å². The predicted molar refractivity (Wildman–Crippen MR) is 74.4 cm³/mol. The lowest BCUT2D eigenvalue weighted by Crippen LogP contribution is -2.28. The van der Waals surface area contributed by atoms with E-state index in [2.05, 4.69) is 36.5 Å². The molecule has 1 aromatic rings. The Morgan fingerprint density at radius 1 is 1.41 bits per heavy atom.